The maximum absolute atomic E-state index is 11.6. The van der Waals surface area contributed by atoms with E-state index in [1.165, 1.54) is 11.3 Å². The fourth-order valence-corrected chi connectivity index (χ4v) is 2.77. The third-order valence-corrected chi connectivity index (χ3v) is 4.16. The minimum Gasteiger partial charge on any atom is -0.463 e. The lowest BCUT2D eigenvalue weighted by Gasteiger charge is -2.22. The molecule has 1 atom stereocenters. The van der Waals surface area contributed by atoms with E-state index in [2.05, 4.69) is 5.32 Å². The van der Waals surface area contributed by atoms with E-state index in [-0.39, 0.29) is 18.0 Å². The normalized spacial score (nSPS) is 18.2. The van der Waals surface area contributed by atoms with Gasteiger partial charge in [0.1, 0.15) is 6.61 Å². The third-order valence-electron chi connectivity index (χ3n) is 3.29. The van der Waals surface area contributed by atoms with E-state index in [0.29, 0.717) is 30.9 Å². The monoisotopic (exact) mass is 311 g/mol. The summed E-state index contributed by atoms with van der Waals surface area (Å²) in [6, 6.07) is 3.61. The molecular formula is C15H21NO4S. The maximum Gasteiger partial charge on any atom is 0.305 e. The van der Waals surface area contributed by atoms with Gasteiger partial charge in [-0.2, -0.15) is 0 Å². The van der Waals surface area contributed by atoms with Crippen molar-refractivity contribution in [1.82, 2.24) is 5.32 Å². The number of nitrogens with one attached hydrogen (secondary N) is 1. The molecule has 0 aromatic carbocycles. The largest absolute Gasteiger partial charge is 0.463 e. The lowest BCUT2D eigenvalue weighted by molar-refractivity contribution is -0.149. The van der Waals surface area contributed by atoms with Crippen molar-refractivity contribution in [1.29, 1.82) is 0 Å². The van der Waals surface area contributed by atoms with Crippen LogP contribution < -0.4 is 5.32 Å². The van der Waals surface area contributed by atoms with Crippen molar-refractivity contribution in [2.75, 3.05) is 19.8 Å². The second-order valence-corrected chi connectivity index (χ2v) is 5.96. The van der Waals surface area contributed by atoms with E-state index in [1.807, 2.05) is 11.4 Å². The summed E-state index contributed by atoms with van der Waals surface area (Å²) in [5.41, 5.74) is 0. The van der Waals surface area contributed by atoms with Crippen LogP contribution in [0.3, 0.4) is 0 Å². The van der Waals surface area contributed by atoms with Gasteiger partial charge < -0.3 is 14.8 Å². The molecule has 116 valence electrons. The highest BCUT2D eigenvalue weighted by Gasteiger charge is 2.15. The molecule has 1 N–H and O–H groups in total. The van der Waals surface area contributed by atoms with Crippen LogP contribution in [0.15, 0.2) is 17.5 Å². The second kappa shape index (κ2) is 8.79. The molecule has 6 heteroatoms. The number of carbonyl (C=O) groups is 2. The third kappa shape index (κ3) is 5.85. The van der Waals surface area contributed by atoms with Crippen molar-refractivity contribution in [3.05, 3.63) is 22.4 Å². The summed E-state index contributed by atoms with van der Waals surface area (Å²) in [6.45, 7) is 1.59. The van der Waals surface area contributed by atoms with Gasteiger partial charge in [-0.25, -0.2) is 0 Å². The SMILES string of the molecule is O=C(CCCNC(=O)c1cccs1)OCC1CCCCO1. The quantitative estimate of drug-likeness (QED) is 0.620. The van der Waals surface area contributed by atoms with Gasteiger partial charge in [0.05, 0.1) is 11.0 Å². The van der Waals surface area contributed by atoms with Crippen LogP contribution in [0, 0.1) is 0 Å². The van der Waals surface area contributed by atoms with Gasteiger partial charge in [-0.1, -0.05) is 6.07 Å². The van der Waals surface area contributed by atoms with Crippen molar-refractivity contribution in [3.63, 3.8) is 0 Å². The van der Waals surface area contributed by atoms with Gasteiger partial charge in [0.2, 0.25) is 0 Å². The zero-order valence-corrected chi connectivity index (χ0v) is 12.8. The number of amides is 1. The molecule has 1 aliphatic heterocycles. The minimum atomic E-state index is -0.227. The first kappa shape index (κ1) is 16.0. The molecule has 0 saturated carbocycles. The van der Waals surface area contributed by atoms with Crippen LogP contribution in [0.2, 0.25) is 0 Å². The molecule has 2 rings (SSSR count). The molecule has 0 spiro atoms. The van der Waals surface area contributed by atoms with Gasteiger partial charge in [0.15, 0.2) is 0 Å². The molecular weight excluding hydrogens is 290 g/mol. The number of thiophene rings is 1. The minimum absolute atomic E-state index is 0.0567. The fraction of sp³-hybridized carbons (Fsp3) is 0.600. The van der Waals surface area contributed by atoms with E-state index >= 15 is 0 Å². The molecule has 1 unspecified atom stereocenters. The summed E-state index contributed by atoms with van der Waals surface area (Å²) >= 11 is 1.40. The first-order valence-electron chi connectivity index (χ1n) is 7.34. The first-order chi connectivity index (χ1) is 10.3. The summed E-state index contributed by atoms with van der Waals surface area (Å²) in [5, 5.41) is 4.65. The Hall–Kier alpha value is -1.40. The lowest BCUT2D eigenvalue weighted by atomic mass is 10.1. The van der Waals surface area contributed by atoms with E-state index in [9.17, 15) is 9.59 Å². The molecule has 1 saturated heterocycles. The van der Waals surface area contributed by atoms with Crippen molar-refractivity contribution in [3.8, 4) is 0 Å². The zero-order valence-electron chi connectivity index (χ0n) is 12.0. The Morgan fingerprint density at radius 2 is 2.33 bits per heavy atom. The van der Waals surface area contributed by atoms with Gasteiger partial charge in [0, 0.05) is 19.6 Å². The van der Waals surface area contributed by atoms with E-state index in [0.717, 1.165) is 25.9 Å². The number of carbonyl (C=O) groups excluding carboxylic acids is 2. The predicted molar refractivity (Wildman–Crippen MR) is 80.4 cm³/mol. The van der Waals surface area contributed by atoms with Gasteiger partial charge in [-0.05, 0) is 37.1 Å². The van der Waals surface area contributed by atoms with Crippen molar-refractivity contribution < 1.29 is 19.1 Å². The van der Waals surface area contributed by atoms with Gasteiger partial charge in [-0.3, -0.25) is 9.59 Å². The fourth-order valence-electron chi connectivity index (χ4n) is 2.13. The number of hydrogen-bond acceptors (Lipinski definition) is 5. The zero-order chi connectivity index (χ0) is 14.9. The average molecular weight is 311 g/mol. The Kier molecular flexibility index (Phi) is 6.69. The first-order valence-corrected chi connectivity index (χ1v) is 8.22. The smallest absolute Gasteiger partial charge is 0.305 e. The summed E-state index contributed by atoms with van der Waals surface area (Å²) in [4.78, 5) is 23.9. The maximum atomic E-state index is 11.6. The molecule has 0 radical (unpaired) electrons. The molecule has 1 aromatic heterocycles. The average Bonchev–Trinajstić information content (AvgIpc) is 3.05. The number of hydrogen-bond donors (Lipinski definition) is 1. The standard InChI is InChI=1S/C15H21NO4S/c17-14(20-11-12-5-1-2-9-19-12)7-3-8-16-15(18)13-6-4-10-21-13/h4,6,10,12H,1-3,5,7-9,11H2,(H,16,18). The summed E-state index contributed by atoms with van der Waals surface area (Å²) in [6.07, 6.45) is 4.15. The summed E-state index contributed by atoms with van der Waals surface area (Å²) in [7, 11) is 0. The van der Waals surface area contributed by atoms with Crippen LogP contribution in [0.4, 0.5) is 0 Å². The Bertz CT molecular complexity index is 441. The highest BCUT2D eigenvalue weighted by molar-refractivity contribution is 7.12. The van der Waals surface area contributed by atoms with E-state index in [4.69, 9.17) is 9.47 Å². The highest BCUT2D eigenvalue weighted by atomic mass is 32.1. The molecule has 1 fully saturated rings. The summed E-state index contributed by atoms with van der Waals surface area (Å²) in [5.74, 6) is -0.316. The van der Waals surface area contributed by atoms with Crippen molar-refractivity contribution in [2.24, 2.45) is 0 Å². The van der Waals surface area contributed by atoms with E-state index in [1.54, 1.807) is 6.07 Å². The molecule has 0 bridgehead atoms. The highest BCUT2D eigenvalue weighted by Crippen LogP contribution is 2.13. The van der Waals surface area contributed by atoms with Crippen molar-refractivity contribution in [2.45, 2.75) is 38.2 Å². The van der Waals surface area contributed by atoms with Crippen LogP contribution in [0.25, 0.3) is 0 Å². The van der Waals surface area contributed by atoms with Gasteiger partial charge in [0.25, 0.3) is 5.91 Å². The summed E-state index contributed by atoms with van der Waals surface area (Å²) < 4.78 is 10.7. The van der Waals surface area contributed by atoms with Crippen LogP contribution in [0.1, 0.15) is 41.8 Å². The number of rotatable bonds is 7. The topological polar surface area (TPSA) is 64.6 Å². The molecule has 5 nitrogen and oxygen atoms in total. The molecule has 21 heavy (non-hydrogen) atoms. The molecule has 1 aliphatic rings. The van der Waals surface area contributed by atoms with Crippen molar-refractivity contribution >= 4 is 23.2 Å². The van der Waals surface area contributed by atoms with Crippen LogP contribution in [0.5, 0.6) is 0 Å². The Labute approximate surface area is 128 Å². The number of ether oxygens (including phenoxy) is 2. The lowest BCUT2D eigenvalue weighted by Crippen LogP contribution is -2.27. The molecule has 2 heterocycles. The Balaban J connectivity index is 1.52. The predicted octanol–water partition coefficient (Wildman–Crippen LogP) is 2.37. The molecule has 1 aromatic rings. The Morgan fingerprint density at radius 3 is 3.05 bits per heavy atom. The molecule has 1 amide bonds. The van der Waals surface area contributed by atoms with Crippen LogP contribution in [-0.2, 0) is 14.3 Å². The van der Waals surface area contributed by atoms with Gasteiger partial charge >= 0.3 is 5.97 Å². The van der Waals surface area contributed by atoms with E-state index < -0.39 is 0 Å². The van der Waals surface area contributed by atoms with Crippen LogP contribution in [-0.4, -0.2) is 37.7 Å². The van der Waals surface area contributed by atoms with Gasteiger partial charge in [-0.15, -0.1) is 11.3 Å². The molecule has 0 aliphatic carbocycles. The Morgan fingerprint density at radius 1 is 1.43 bits per heavy atom. The number of esters is 1. The second-order valence-electron chi connectivity index (χ2n) is 5.01. The van der Waals surface area contributed by atoms with Crippen LogP contribution >= 0.6 is 11.3 Å².